The minimum atomic E-state index is 0.800. The van der Waals surface area contributed by atoms with Gasteiger partial charge in [-0.05, 0) is 72.0 Å². The first-order chi connectivity index (χ1) is 8.91. The van der Waals surface area contributed by atoms with E-state index in [0.29, 0.717) is 0 Å². The van der Waals surface area contributed by atoms with Crippen LogP contribution in [0.5, 0.6) is 0 Å². The Morgan fingerprint density at radius 2 is 1.11 bits per heavy atom. The van der Waals surface area contributed by atoms with Crippen LogP contribution in [0, 0.1) is 0 Å². The lowest BCUT2D eigenvalue weighted by atomic mass is 10.1. The summed E-state index contributed by atoms with van der Waals surface area (Å²) in [5.74, 6) is 0. The summed E-state index contributed by atoms with van der Waals surface area (Å²) in [6.07, 6.45) is 9.04. The Hall–Kier alpha value is -0.160. The van der Waals surface area contributed by atoms with E-state index < -0.39 is 0 Å². The van der Waals surface area contributed by atoms with Crippen molar-refractivity contribution in [3.05, 3.63) is 0 Å². The predicted octanol–water partition coefficient (Wildman–Crippen LogP) is 1.07. The Morgan fingerprint density at radius 3 is 1.67 bits per heavy atom. The van der Waals surface area contributed by atoms with Gasteiger partial charge in [-0.2, -0.15) is 0 Å². The monoisotopic (exact) mass is 258 g/mol. The van der Waals surface area contributed by atoms with Crippen molar-refractivity contribution in [1.29, 1.82) is 0 Å². The molecule has 0 rings (SSSR count). The van der Waals surface area contributed by atoms with Crippen LogP contribution in [0.2, 0.25) is 0 Å². The van der Waals surface area contributed by atoms with Gasteiger partial charge in [-0.25, -0.2) is 0 Å². The van der Waals surface area contributed by atoms with Crippen molar-refractivity contribution < 1.29 is 0 Å². The highest BCUT2D eigenvalue weighted by molar-refractivity contribution is 4.53. The van der Waals surface area contributed by atoms with E-state index in [0.717, 1.165) is 39.1 Å². The van der Waals surface area contributed by atoms with Crippen LogP contribution in [0.15, 0.2) is 0 Å². The first-order valence-corrected chi connectivity index (χ1v) is 7.68. The fraction of sp³-hybridized carbons (Fsp3) is 1.00. The first kappa shape index (κ1) is 17.8. The molecule has 0 bridgehead atoms. The topological polar surface area (TPSA) is 62.1 Å². The maximum absolute atomic E-state index is 5.43. The summed E-state index contributed by atoms with van der Waals surface area (Å²) < 4.78 is 0. The van der Waals surface area contributed by atoms with Gasteiger partial charge in [0.2, 0.25) is 0 Å². The fourth-order valence-electron chi connectivity index (χ4n) is 1.90. The summed E-state index contributed by atoms with van der Waals surface area (Å²) in [5.41, 5.74) is 5.43. The zero-order valence-electron chi connectivity index (χ0n) is 12.3. The Balaban J connectivity index is 2.86. The van der Waals surface area contributed by atoms with E-state index in [-0.39, 0.29) is 0 Å². The third kappa shape index (κ3) is 15.8. The van der Waals surface area contributed by atoms with Gasteiger partial charge in [0.15, 0.2) is 0 Å². The quantitative estimate of drug-likeness (QED) is 0.332. The molecule has 0 aromatic heterocycles. The molecule has 0 heterocycles. The maximum Gasteiger partial charge on any atom is -0.00368 e. The van der Waals surface area contributed by atoms with E-state index in [1.807, 2.05) is 7.05 Å². The van der Waals surface area contributed by atoms with Crippen molar-refractivity contribution in [2.24, 2.45) is 5.73 Å². The summed E-state index contributed by atoms with van der Waals surface area (Å²) in [5, 5.41) is 10.1. The Bertz CT molecular complexity index is 126. The van der Waals surface area contributed by atoms with E-state index >= 15 is 0 Å². The van der Waals surface area contributed by atoms with Gasteiger partial charge in [0.25, 0.3) is 0 Å². The van der Waals surface area contributed by atoms with Gasteiger partial charge in [-0.3, -0.25) is 0 Å². The van der Waals surface area contributed by atoms with E-state index in [1.54, 1.807) is 0 Å². The summed E-state index contributed by atoms with van der Waals surface area (Å²) in [6, 6.07) is 0. The summed E-state index contributed by atoms with van der Waals surface area (Å²) in [4.78, 5) is 0. The highest BCUT2D eigenvalue weighted by Gasteiger charge is 1.92. The molecule has 0 saturated heterocycles. The minimum Gasteiger partial charge on any atom is -0.330 e. The normalized spacial score (nSPS) is 11.0. The second-order valence-electron chi connectivity index (χ2n) is 4.87. The van der Waals surface area contributed by atoms with E-state index in [4.69, 9.17) is 5.73 Å². The standard InChI is InChI=1S/C14H34N4/c1-16-10-8-14-18-12-6-4-2-3-5-11-17-13-7-9-15/h16-18H,2-15H2,1H3. The third-order valence-electron chi connectivity index (χ3n) is 3.05. The van der Waals surface area contributed by atoms with Gasteiger partial charge < -0.3 is 21.7 Å². The van der Waals surface area contributed by atoms with Crippen LogP contribution in [0.3, 0.4) is 0 Å². The second-order valence-corrected chi connectivity index (χ2v) is 4.87. The van der Waals surface area contributed by atoms with Crippen LogP contribution in [0.25, 0.3) is 0 Å². The first-order valence-electron chi connectivity index (χ1n) is 7.68. The smallest absolute Gasteiger partial charge is 0.00368 e. The molecule has 4 nitrogen and oxygen atoms in total. The van der Waals surface area contributed by atoms with Crippen molar-refractivity contribution in [3.63, 3.8) is 0 Å². The molecular formula is C14H34N4. The lowest BCUT2D eigenvalue weighted by Gasteiger charge is -2.05. The molecule has 110 valence electrons. The van der Waals surface area contributed by atoms with Gasteiger partial charge in [0.1, 0.15) is 0 Å². The number of rotatable bonds is 15. The van der Waals surface area contributed by atoms with Gasteiger partial charge in [0.05, 0.1) is 0 Å². The van der Waals surface area contributed by atoms with Gasteiger partial charge >= 0.3 is 0 Å². The van der Waals surface area contributed by atoms with E-state index in [9.17, 15) is 0 Å². The average Bonchev–Trinajstić information content (AvgIpc) is 2.39. The Kier molecular flexibility index (Phi) is 16.7. The molecule has 0 aliphatic carbocycles. The van der Waals surface area contributed by atoms with Crippen molar-refractivity contribution in [3.8, 4) is 0 Å². The van der Waals surface area contributed by atoms with Crippen LogP contribution in [0.1, 0.15) is 44.9 Å². The molecule has 5 N–H and O–H groups in total. The third-order valence-corrected chi connectivity index (χ3v) is 3.05. The second kappa shape index (κ2) is 16.8. The molecule has 0 radical (unpaired) electrons. The van der Waals surface area contributed by atoms with Crippen LogP contribution in [0.4, 0.5) is 0 Å². The minimum absolute atomic E-state index is 0.800. The number of hydrogen-bond donors (Lipinski definition) is 4. The number of nitrogens with one attached hydrogen (secondary N) is 3. The largest absolute Gasteiger partial charge is 0.330 e. The van der Waals surface area contributed by atoms with Gasteiger partial charge in [0, 0.05) is 0 Å². The summed E-state index contributed by atoms with van der Waals surface area (Å²) in [7, 11) is 2.00. The van der Waals surface area contributed by atoms with Crippen molar-refractivity contribution in [1.82, 2.24) is 16.0 Å². The molecule has 0 saturated carbocycles. The van der Waals surface area contributed by atoms with Crippen molar-refractivity contribution in [2.75, 3.05) is 46.3 Å². The summed E-state index contributed by atoms with van der Waals surface area (Å²) in [6.45, 7) is 6.47. The highest BCUT2D eigenvalue weighted by atomic mass is 14.9. The lowest BCUT2D eigenvalue weighted by Crippen LogP contribution is -2.20. The number of unbranched alkanes of at least 4 members (excludes halogenated alkanes) is 4. The van der Waals surface area contributed by atoms with E-state index in [2.05, 4.69) is 16.0 Å². The molecule has 0 aromatic carbocycles. The van der Waals surface area contributed by atoms with Gasteiger partial charge in [-0.15, -0.1) is 0 Å². The average molecular weight is 258 g/mol. The van der Waals surface area contributed by atoms with E-state index in [1.165, 1.54) is 45.1 Å². The highest BCUT2D eigenvalue weighted by Crippen LogP contribution is 2.01. The molecule has 0 aliphatic rings. The zero-order valence-corrected chi connectivity index (χ0v) is 12.3. The lowest BCUT2D eigenvalue weighted by molar-refractivity contribution is 0.547. The summed E-state index contributed by atoms with van der Waals surface area (Å²) >= 11 is 0. The van der Waals surface area contributed by atoms with Crippen LogP contribution in [-0.2, 0) is 0 Å². The molecule has 0 spiro atoms. The van der Waals surface area contributed by atoms with Gasteiger partial charge in [-0.1, -0.05) is 19.3 Å². The zero-order chi connectivity index (χ0) is 13.3. The molecule has 0 unspecified atom stereocenters. The molecule has 0 aromatic rings. The Morgan fingerprint density at radius 1 is 0.611 bits per heavy atom. The molecule has 0 fully saturated rings. The molecule has 18 heavy (non-hydrogen) atoms. The SMILES string of the molecule is CNCCCNCCCCCCCNCCCN. The number of hydrogen-bond acceptors (Lipinski definition) is 4. The molecule has 0 aliphatic heterocycles. The van der Waals surface area contributed by atoms with Crippen LogP contribution in [-0.4, -0.2) is 46.3 Å². The maximum atomic E-state index is 5.43. The number of nitrogens with two attached hydrogens (primary N) is 1. The Labute approximate surface area is 113 Å². The predicted molar refractivity (Wildman–Crippen MR) is 81.0 cm³/mol. The molecular weight excluding hydrogens is 224 g/mol. The van der Waals surface area contributed by atoms with Crippen LogP contribution < -0.4 is 21.7 Å². The fourth-order valence-corrected chi connectivity index (χ4v) is 1.90. The van der Waals surface area contributed by atoms with Crippen molar-refractivity contribution >= 4 is 0 Å². The molecule has 4 heteroatoms. The van der Waals surface area contributed by atoms with Crippen molar-refractivity contribution in [2.45, 2.75) is 44.9 Å². The van der Waals surface area contributed by atoms with Crippen LogP contribution >= 0.6 is 0 Å². The molecule has 0 atom stereocenters. The molecule has 0 amide bonds.